The molecular formula is C39H53N5O7. The maximum absolute atomic E-state index is 13.8. The van der Waals surface area contributed by atoms with Gasteiger partial charge in [0, 0.05) is 17.8 Å². The van der Waals surface area contributed by atoms with Gasteiger partial charge in [0.2, 0.25) is 11.8 Å². The molecule has 0 saturated carbocycles. The largest absolute Gasteiger partial charge is 0.453 e. The molecule has 0 radical (unpaired) electrons. The molecule has 0 spiro atoms. The van der Waals surface area contributed by atoms with Crippen LogP contribution in [0.5, 0.6) is 0 Å². The molecule has 7 atom stereocenters. The monoisotopic (exact) mass is 703 g/mol. The van der Waals surface area contributed by atoms with Crippen LogP contribution in [0.3, 0.4) is 0 Å². The van der Waals surface area contributed by atoms with Crippen molar-refractivity contribution in [2.75, 3.05) is 14.2 Å². The van der Waals surface area contributed by atoms with Crippen molar-refractivity contribution in [2.24, 2.45) is 11.8 Å². The van der Waals surface area contributed by atoms with E-state index < -0.39 is 54.3 Å². The fourth-order valence-electron chi connectivity index (χ4n) is 5.77. The highest BCUT2D eigenvalue weighted by Crippen LogP contribution is 2.20. The second kappa shape index (κ2) is 20.6. The first-order valence-electron chi connectivity index (χ1n) is 17.5. The van der Waals surface area contributed by atoms with E-state index in [1.807, 2.05) is 100 Å². The summed E-state index contributed by atoms with van der Waals surface area (Å²) in [6, 6.07) is 19.8. The molecule has 0 aliphatic heterocycles. The summed E-state index contributed by atoms with van der Waals surface area (Å²) in [6.07, 6.45) is 1.08. The number of carbonyl (C=O) groups excluding carboxylic acids is 4. The zero-order chi connectivity index (χ0) is 37.3. The Hall–Kier alpha value is -4.97. The Balaban J connectivity index is 1.94. The predicted octanol–water partition coefficient (Wildman–Crippen LogP) is 4.80. The minimum Gasteiger partial charge on any atom is -0.453 e. The summed E-state index contributed by atoms with van der Waals surface area (Å²) in [6.45, 7) is 7.55. The van der Waals surface area contributed by atoms with Crippen LogP contribution in [0, 0.1) is 11.8 Å². The molecule has 1 heterocycles. The number of pyridine rings is 1. The van der Waals surface area contributed by atoms with Gasteiger partial charge in [0.15, 0.2) is 0 Å². The molecule has 2 aromatic carbocycles. The van der Waals surface area contributed by atoms with Crippen molar-refractivity contribution in [3.63, 3.8) is 0 Å². The van der Waals surface area contributed by atoms with Crippen LogP contribution in [0.4, 0.5) is 9.59 Å². The van der Waals surface area contributed by atoms with Crippen molar-refractivity contribution in [1.29, 1.82) is 0 Å². The second-order valence-corrected chi connectivity index (χ2v) is 12.9. The SMILES string of the molecule is CCC(C)[C@H](NC(=O)OC)C(=O)N[C@@H](Cc1ccc(-c2ccccn2)cc1)C[C@H](O)[C@H](Cc1ccccc1)NC(=O)[C@@H](NC(=O)OC)C(C)CC. The van der Waals surface area contributed by atoms with Crippen molar-refractivity contribution in [2.45, 2.75) is 90.1 Å². The third kappa shape index (κ3) is 12.7. The van der Waals surface area contributed by atoms with Gasteiger partial charge in [-0.15, -0.1) is 0 Å². The maximum Gasteiger partial charge on any atom is 0.407 e. The number of alkyl carbamates (subject to hydrolysis) is 2. The standard InChI is InChI=1S/C39H53N5O7/c1-7-25(3)34(43-38(48)50-5)36(46)41-30(22-28-17-19-29(20-18-28)31-16-12-13-21-40-31)24-33(45)32(23-27-14-10-9-11-15-27)42-37(47)35(26(4)8-2)44-39(49)51-6/h9-21,25-26,30,32-35,45H,7-8,22-24H2,1-6H3,(H,41,46)(H,42,47)(H,43,48)(H,44,49)/t25?,26?,30-,32-,33-,34-,35-/m0/s1. The number of hydrogen-bond donors (Lipinski definition) is 5. The molecule has 3 aromatic rings. The number of nitrogens with one attached hydrogen (secondary N) is 4. The summed E-state index contributed by atoms with van der Waals surface area (Å²) in [5.41, 5.74) is 3.54. The molecule has 12 heteroatoms. The topological polar surface area (TPSA) is 168 Å². The van der Waals surface area contributed by atoms with Gasteiger partial charge in [0.1, 0.15) is 12.1 Å². The first kappa shape index (κ1) is 40.5. The highest BCUT2D eigenvalue weighted by Gasteiger charge is 2.33. The Kier molecular flexibility index (Phi) is 16.4. The summed E-state index contributed by atoms with van der Waals surface area (Å²) in [4.78, 5) is 56.3. The fourth-order valence-corrected chi connectivity index (χ4v) is 5.77. The molecule has 51 heavy (non-hydrogen) atoms. The van der Waals surface area contributed by atoms with E-state index in [1.54, 1.807) is 6.20 Å². The molecule has 1 aromatic heterocycles. The number of rotatable bonds is 18. The zero-order valence-electron chi connectivity index (χ0n) is 30.4. The van der Waals surface area contributed by atoms with Gasteiger partial charge in [-0.2, -0.15) is 0 Å². The molecule has 5 N–H and O–H groups in total. The van der Waals surface area contributed by atoms with Crippen LogP contribution < -0.4 is 21.3 Å². The maximum atomic E-state index is 13.8. The quantitative estimate of drug-likeness (QED) is 0.126. The van der Waals surface area contributed by atoms with Crippen LogP contribution >= 0.6 is 0 Å². The van der Waals surface area contributed by atoms with Crippen molar-refractivity contribution in [1.82, 2.24) is 26.3 Å². The molecule has 0 aliphatic carbocycles. The van der Waals surface area contributed by atoms with E-state index in [-0.39, 0.29) is 24.7 Å². The first-order valence-corrected chi connectivity index (χ1v) is 17.5. The van der Waals surface area contributed by atoms with Gasteiger partial charge >= 0.3 is 12.2 Å². The van der Waals surface area contributed by atoms with Crippen molar-refractivity contribution < 1.29 is 33.8 Å². The molecule has 4 amide bonds. The summed E-state index contributed by atoms with van der Waals surface area (Å²) >= 11 is 0. The third-order valence-electron chi connectivity index (χ3n) is 9.27. The molecule has 276 valence electrons. The Morgan fingerprint density at radius 3 is 1.73 bits per heavy atom. The van der Waals surface area contributed by atoms with E-state index in [1.165, 1.54) is 14.2 Å². The summed E-state index contributed by atoms with van der Waals surface area (Å²) in [5.74, 6) is -1.31. The van der Waals surface area contributed by atoms with Crippen LogP contribution in [-0.4, -0.2) is 78.6 Å². The smallest absolute Gasteiger partial charge is 0.407 e. The predicted molar refractivity (Wildman–Crippen MR) is 196 cm³/mol. The molecule has 0 saturated heterocycles. The Morgan fingerprint density at radius 1 is 0.686 bits per heavy atom. The minimum absolute atomic E-state index is 0.0649. The van der Waals surface area contributed by atoms with Crippen LogP contribution in [0.1, 0.15) is 58.1 Å². The Morgan fingerprint density at radius 2 is 1.22 bits per heavy atom. The normalized spacial score (nSPS) is 15.1. The average molecular weight is 704 g/mol. The third-order valence-corrected chi connectivity index (χ3v) is 9.27. The van der Waals surface area contributed by atoms with Gasteiger partial charge < -0.3 is 35.8 Å². The summed E-state index contributed by atoms with van der Waals surface area (Å²) in [7, 11) is 2.47. The van der Waals surface area contributed by atoms with E-state index in [2.05, 4.69) is 26.3 Å². The number of amides is 4. The van der Waals surface area contributed by atoms with Gasteiger partial charge in [-0.25, -0.2) is 9.59 Å². The number of aromatic nitrogens is 1. The Labute approximate surface area is 301 Å². The lowest BCUT2D eigenvalue weighted by molar-refractivity contribution is -0.127. The summed E-state index contributed by atoms with van der Waals surface area (Å²) < 4.78 is 9.56. The number of ether oxygens (including phenoxy) is 2. The van der Waals surface area contributed by atoms with Crippen molar-refractivity contribution in [3.8, 4) is 11.3 Å². The molecule has 0 bridgehead atoms. The van der Waals surface area contributed by atoms with Gasteiger partial charge in [-0.05, 0) is 54.4 Å². The van der Waals surface area contributed by atoms with Crippen molar-refractivity contribution >= 4 is 24.0 Å². The lowest BCUT2D eigenvalue weighted by Gasteiger charge is -2.32. The molecule has 0 fully saturated rings. The van der Waals surface area contributed by atoms with Crippen molar-refractivity contribution in [3.05, 3.63) is 90.1 Å². The summed E-state index contributed by atoms with van der Waals surface area (Å²) in [5, 5.41) is 23.2. The average Bonchev–Trinajstić information content (AvgIpc) is 3.15. The van der Waals surface area contributed by atoms with E-state index in [0.29, 0.717) is 19.3 Å². The highest BCUT2D eigenvalue weighted by molar-refractivity contribution is 5.87. The van der Waals surface area contributed by atoms with Crippen LogP contribution in [0.25, 0.3) is 11.3 Å². The number of hydrogen-bond acceptors (Lipinski definition) is 8. The Bertz CT molecular complexity index is 1520. The molecule has 12 nitrogen and oxygen atoms in total. The van der Waals surface area contributed by atoms with E-state index in [4.69, 9.17) is 9.47 Å². The number of aliphatic hydroxyl groups excluding tert-OH is 1. The van der Waals surface area contributed by atoms with Crippen LogP contribution in [0.15, 0.2) is 79.0 Å². The fraction of sp³-hybridized carbons (Fsp3) is 0.462. The van der Waals surface area contributed by atoms with Gasteiger partial charge in [0.05, 0.1) is 32.1 Å². The molecular weight excluding hydrogens is 650 g/mol. The molecule has 3 rings (SSSR count). The lowest BCUT2D eigenvalue weighted by atomic mass is 9.91. The number of benzene rings is 2. The first-order chi connectivity index (χ1) is 24.5. The number of methoxy groups -OCH3 is 2. The van der Waals surface area contributed by atoms with Gasteiger partial charge in [0.25, 0.3) is 0 Å². The van der Waals surface area contributed by atoms with Gasteiger partial charge in [-0.3, -0.25) is 14.6 Å². The van der Waals surface area contributed by atoms with Crippen LogP contribution in [0.2, 0.25) is 0 Å². The number of nitrogens with zero attached hydrogens (tertiary/aromatic N) is 1. The van der Waals surface area contributed by atoms with E-state index >= 15 is 0 Å². The highest BCUT2D eigenvalue weighted by atomic mass is 16.5. The van der Waals surface area contributed by atoms with Crippen LogP contribution in [-0.2, 0) is 31.9 Å². The van der Waals surface area contributed by atoms with E-state index in [0.717, 1.165) is 22.4 Å². The molecule has 0 aliphatic rings. The lowest BCUT2D eigenvalue weighted by Crippen LogP contribution is -2.57. The second-order valence-electron chi connectivity index (χ2n) is 12.9. The minimum atomic E-state index is -1.13. The molecule has 2 unspecified atom stereocenters. The van der Waals surface area contributed by atoms with E-state index in [9.17, 15) is 24.3 Å². The zero-order valence-corrected chi connectivity index (χ0v) is 30.4. The number of carbonyl (C=O) groups is 4. The van der Waals surface area contributed by atoms with Gasteiger partial charge in [-0.1, -0.05) is 101 Å². The number of aliphatic hydroxyl groups is 1.